The summed E-state index contributed by atoms with van der Waals surface area (Å²) in [4.78, 5) is 34.6. The Balaban J connectivity index is 1.67. The second-order valence-corrected chi connectivity index (χ2v) is 10.2. The van der Waals surface area contributed by atoms with E-state index in [-0.39, 0.29) is 23.7 Å². The van der Waals surface area contributed by atoms with E-state index in [1.54, 1.807) is 6.07 Å². The Bertz CT molecular complexity index is 1440. The molecule has 3 heterocycles. The van der Waals surface area contributed by atoms with E-state index in [1.807, 2.05) is 13.8 Å². The van der Waals surface area contributed by atoms with E-state index < -0.39 is 70.4 Å². The van der Waals surface area contributed by atoms with Gasteiger partial charge in [-0.3, -0.25) is 14.6 Å². The van der Waals surface area contributed by atoms with Crippen molar-refractivity contribution in [2.75, 3.05) is 19.4 Å². The average Bonchev–Trinajstić information content (AvgIpc) is 2.91. The molecule has 212 valence electrons. The van der Waals surface area contributed by atoms with Crippen molar-refractivity contribution in [2.24, 2.45) is 11.7 Å². The number of aliphatic hydroxyl groups excluding tert-OH is 1. The Labute approximate surface area is 229 Å². The van der Waals surface area contributed by atoms with Crippen LogP contribution in [0.2, 0.25) is 0 Å². The molecule has 12 heteroatoms. The summed E-state index contributed by atoms with van der Waals surface area (Å²) in [6.45, 7) is 3.79. The van der Waals surface area contributed by atoms with Crippen LogP contribution in [-0.2, 0) is 4.74 Å². The number of nitrogens with one attached hydrogen (secondary N) is 1. The summed E-state index contributed by atoms with van der Waals surface area (Å²) in [6.07, 6.45) is 1.21. The molecule has 3 aromatic rings. The lowest BCUT2D eigenvalue weighted by molar-refractivity contribution is -0.145. The van der Waals surface area contributed by atoms with Crippen molar-refractivity contribution < 1.29 is 32.6 Å². The number of hydrogen-bond donors (Lipinski definition) is 3. The lowest BCUT2D eigenvalue weighted by atomic mass is 9.88. The Morgan fingerprint density at radius 2 is 1.82 bits per heavy atom. The summed E-state index contributed by atoms with van der Waals surface area (Å²) in [5.41, 5.74) is 4.52. The number of pyridine rings is 2. The molecule has 0 spiro atoms. The number of carbonyl (C=O) groups is 2. The van der Waals surface area contributed by atoms with E-state index >= 15 is 4.39 Å². The van der Waals surface area contributed by atoms with Crippen molar-refractivity contribution in [1.29, 1.82) is 0 Å². The summed E-state index contributed by atoms with van der Waals surface area (Å²) in [7, 11) is 2.77. The van der Waals surface area contributed by atoms with Gasteiger partial charge in [0, 0.05) is 31.9 Å². The molecule has 4 rings (SSSR count). The van der Waals surface area contributed by atoms with Gasteiger partial charge in [0.15, 0.2) is 0 Å². The monoisotopic (exact) mass is 557 g/mol. The molecule has 0 saturated carbocycles. The van der Waals surface area contributed by atoms with Gasteiger partial charge in [0.05, 0.1) is 41.3 Å². The van der Waals surface area contributed by atoms with Crippen LogP contribution in [-0.4, -0.2) is 64.1 Å². The second-order valence-electron chi connectivity index (χ2n) is 10.2. The Hall–Kier alpha value is -3.87. The molecule has 1 fully saturated rings. The Morgan fingerprint density at radius 3 is 2.50 bits per heavy atom. The SMILES string of the molecule is CC(C)[C@H]1O[C@@H](c2ccncc2NC(=O)c2ccc(F)c(-c3c(F)ccc(C(=O)N(C)C)c3F)n2)C[C@@H](N)[C@@H]1O. The van der Waals surface area contributed by atoms with Crippen molar-refractivity contribution in [3.05, 3.63) is 77.0 Å². The molecule has 9 nitrogen and oxygen atoms in total. The molecule has 1 saturated heterocycles. The highest BCUT2D eigenvalue weighted by Crippen LogP contribution is 2.37. The number of aromatic nitrogens is 2. The van der Waals surface area contributed by atoms with Crippen LogP contribution < -0.4 is 11.1 Å². The van der Waals surface area contributed by atoms with E-state index in [9.17, 15) is 23.5 Å². The van der Waals surface area contributed by atoms with E-state index in [0.717, 1.165) is 29.2 Å². The van der Waals surface area contributed by atoms with E-state index in [2.05, 4.69) is 15.3 Å². The number of benzene rings is 1. The van der Waals surface area contributed by atoms with Gasteiger partial charge in [-0.25, -0.2) is 18.2 Å². The summed E-state index contributed by atoms with van der Waals surface area (Å²) in [6, 6.07) is 4.79. The number of carbonyl (C=O) groups excluding carboxylic acids is 2. The fourth-order valence-electron chi connectivity index (χ4n) is 4.60. The highest BCUT2D eigenvalue weighted by Gasteiger charge is 2.38. The third-order valence-electron chi connectivity index (χ3n) is 6.73. The quantitative estimate of drug-likeness (QED) is 0.421. The minimum atomic E-state index is -1.30. The first-order valence-corrected chi connectivity index (χ1v) is 12.6. The molecule has 0 bridgehead atoms. The number of amides is 2. The van der Waals surface area contributed by atoms with E-state index in [0.29, 0.717) is 5.56 Å². The highest BCUT2D eigenvalue weighted by molar-refractivity contribution is 6.03. The van der Waals surface area contributed by atoms with Gasteiger partial charge in [-0.2, -0.15) is 0 Å². The first kappa shape index (κ1) is 29.1. The first-order chi connectivity index (χ1) is 18.9. The zero-order chi connectivity index (χ0) is 29.3. The van der Waals surface area contributed by atoms with Gasteiger partial charge in [-0.1, -0.05) is 13.8 Å². The van der Waals surface area contributed by atoms with Crippen LogP contribution in [0, 0.1) is 23.4 Å². The van der Waals surface area contributed by atoms with Gasteiger partial charge in [-0.05, 0) is 42.7 Å². The third-order valence-corrected chi connectivity index (χ3v) is 6.73. The van der Waals surface area contributed by atoms with Gasteiger partial charge >= 0.3 is 0 Å². The molecule has 4 N–H and O–H groups in total. The summed E-state index contributed by atoms with van der Waals surface area (Å²) < 4.78 is 50.9. The third kappa shape index (κ3) is 5.69. The van der Waals surface area contributed by atoms with Crippen molar-refractivity contribution in [1.82, 2.24) is 14.9 Å². The normalized spacial score (nSPS) is 20.9. The largest absolute Gasteiger partial charge is 0.389 e. The number of halogens is 3. The fraction of sp³-hybridized carbons (Fsp3) is 0.357. The molecule has 40 heavy (non-hydrogen) atoms. The van der Waals surface area contributed by atoms with Crippen LogP contribution in [0.3, 0.4) is 0 Å². The minimum absolute atomic E-state index is 0.0297. The summed E-state index contributed by atoms with van der Waals surface area (Å²) >= 11 is 0. The molecule has 0 radical (unpaired) electrons. The Kier molecular flexibility index (Phi) is 8.52. The maximum atomic E-state index is 15.3. The average molecular weight is 558 g/mol. The molecule has 0 aliphatic carbocycles. The van der Waals surface area contributed by atoms with Crippen LogP contribution in [0.5, 0.6) is 0 Å². The number of nitrogens with two attached hydrogens (primary N) is 1. The molecule has 0 unspecified atom stereocenters. The molecule has 4 atom stereocenters. The molecule has 1 aliphatic rings. The van der Waals surface area contributed by atoms with E-state index in [1.165, 1.54) is 26.5 Å². The summed E-state index contributed by atoms with van der Waals surface area (Å²) in [5, 5.41) is 13.1. The number of nitrogens with zero attached hydrogens (tertiary/aromatic N) is 3. The predicted molar refractivity (Wildman–Crippen MR) is 141 cm³/mol. The van der Waals surface area contributed by atoms with Gasteiger partial charge < -0.3 is 25.8 Å². The molecule has 2 aromatic heterocycles. The standard InChI is InChI=1S/C28H30F3N5O4/c1-13(2)26-25(37)18(32)11-21(40-26)14-9-10-33-12-20(14)35-27(38)19-8-7-17(30)24(34-19)22-16(29)6-5-15(23(22)31)28(39)36(3)4/h5-10,12-13,18,21,25-26,37H,11,32H2,1-4H3,(H,35,38)/t18-,21-,25+,26-/m1/s1. The summed E-state index contributed by atoms with van der Waals surface area (Å²) in [5.74, 6) is -5.14. The lowest BCUT2D eigenvalue weighted by Gasteiger charge is -2.40. The van der Waals surface area contributed by atoms with Crippen LogP contribution in [0.4, 0.5) is 18.9 Å². The fourth-order valence-corrected chi connectivity index (χ4v) is 4.60. The van der Waals surface area contributed by atoms with Crippen molar-refractivity contribution in [2.45, 2.75) is 44.6 Å². The number of aliphatic hydroxyl groups is 1. The number of ether oxygens (including phenoxy) is 1. The van der Waals surface area contributed by atoms with Crippen LogP contribution >= 0.6 is 0 Å². The molecule has 1 aliphatic heterocycles. The van der Waals surface area contributed by atoms with Crippen molar-refractivity contribution in [3.63, 3.8) is 0 Å². The molecule has 1 aromatic carbocycles. The Morgan fingerprint density at radius 1 is 1.12 bits per heavy atom. The number of hydrogen-bond acceptors (Lipinski definition) is 7. The lowest BCUT2D eigenvalue weighted by Crippen LogP contribution is -2.51. The molecule has 2 amide bonds. The zero-order valence-electron chi connectivity index (χ0n) is 22.4. The van der Waals surface area contributed by atoms with Crippen LogP contribution in [0.15, 0.2) is 42.7 Å². The second kappa shape index (κ2) is 11.7. The minimum Gasteiger partial charge on any atom is -0.389 e. The predicted octanol–water partition coefficient (Wildman–Crippen LogP) is 3.69. The maximum absolute atomic E-state index is 15.3. The highest BCUT2D eigenvalue weighted by atomic mass is 19.1. The smallest absolute Gasteiger partial charge is 0.274 e. The van der Waals surface area contributed by atoms with Crippen LogP contribution in [0.1, 0.15) is 52.8 Å². The van der Waals surface area contributed by atoms with Gasteiger partial charge in [0.1, 0.15) is 28.8 Å². The van der Waals surface area contributed by atoms with Crippen LogP contribution in [0.25, 0.3) is 11.3 Å². The number of anilines is 1. The first-order valence-electron chi connectivity index (χ1n) is 12.6. The van der Waals surface area contributed by atoms with Crippen molar-refractivity contribution in [3.8, 4) is 11.3 Å². The maximum Gasteiger partial charge on any atom is 0.274 e. The topological polar surface area (TPSA) is 131 Å². The zero-order valence-corrected chi connectivity index (χ0v) is 22.4. The number of rotatable bonds is 6. The molecular formula is C28H30F3N5O4. The van der Waals surface area contributed by atoms with Gasteiger partial charge in [-0.15, -0.1) is 0 Å². The van der Waals surface area contributed by atoms with Gasteiger partial charge in [0.2, 0.25) is 0 Å². The molecular weight excluding hydrogens is 527 g/mol. The van der Waals surface area contributed by atoms with E-state index in [4.69, 9.17) is 10.5 Å². The van der Waals surface area contributed by atoms with Crippen molar-refractivity contribution >= 4 is 17.5 Å². The van der Waals surface area contributed by atoms with Gasteiger partial charge in [0.25, 0.3) is 11.8 Å².